The van der Waals surface area contributed by atoms with Crippen molar-refractivity contribution in [3.05, 3.63) is 29.8 Å². The molecule has 0 atom stereocenters. The predicted molar refractivity (Wildman–Crippen MR) is 79.3 cm³/mol. The second-order valence-corrected chi connectivity index (χ2v) is 6.77. The molecule has 0 saturated carbocycles. The van der Waals surface area contributed by atoms with Crippen LogP contribution in [0.25, 0.3) is 0 Å². The van der Waals surface area contributed by atoms with E-state index >= 15 is 0 Å². The lowest BCUT2D eigenvalue weighted by atomic mass is 10.2. The molecule has 0 aromatic heterocycles. The fraction of sp³-hybridized carbons (Fsp3) is 0.462. The number of sulfonamides is 1. The fourth-order valence-electron chi connectivity index (χ4n) is 1.56. The van der Waals surface area contributed by atoms with Crippen LogP contribution in [0.2, 0.25) is 0 Å². The van der Waals surface area contributed by atoms with Gasteiger partial charge in [0.05, 0.1) is 11.4 Å². The highest BCUT2D eigenvalue weighted by Gasteiger charge is 2.15. The van der Waals surface area contributed by atoms with Gasteiger partial charge in [0.1, 0.15) is 0 Å². The highest BCUT2D eigenvalue weighted by Crippen LogP contribution is 2.11. The maximum atomic E-state index is 12.0. The zero-order chi connectivity index (χ0) is 15.2. The Morgan fingerprint density at radius 3 is 2.35 bits per heavy atom. The number of halogens is 1. The number of hydrogen-bond donors (Lipinski definition) is 2. The standard InChI is InChI=1S/C13H19ClN2O3S/c1-10(2)16-13(17)9-15-20(18,19)12-5-3-11(4-6-12)7-8-14/h3-6,10,15H,7-9H2,1-2H3,(H,16,17). The molecule has 0 aliphatic rings. The number of amides is 1. The molecule has 0 heterocycles. The van der Waals surface area contributed by atoms with E-state index in [2.05, 4.69) is 10.0 Å². The third-order valence-electron chi connectivity index (χ3n) is 2.49. The lowest BCUT2D eigenvalue weighted by molar-refractivity contribution is -0.120. The van der Waals surface area contributed by atoms with Crippen molar-refractivity contribution in [1.29, 1.82) is 0 Å². The van der Waals surface area contributed by atoms with E-state index in [0.717, 1.165) is 5.56 Å². The van der Waals surface area contributed by atoms with Crippen molar-refractivity contribution in [2.24, 2.45) is 0 Å². The Hall–Kier alpha value is -1.11. The maximum absolute atomic E-state index is 12.0. The smallest absolute Gasteiger partial charge is 0.241 e. The van der Waals surface area contributed by atoms with Crippen LogP contribution in [-0.4, -0.2) is 32.8 Å². The molecular formula is C13H19ClN2O3S. The molecule has 5 nitrogen and oxygen atoms in total. The van der Waals surface area contributed by atoms with Crippen molar-refractivity contribution in [2.45, 2.75) is 31.2 Å². The summed E-state index contributed by atoms with van der Waals surface area (Å²) in [7, 11) is -3.67. The number of nitrogens with one attached hydrogen (secondary N) is 2. The van der Waals surface area contributed by atoms with Crippen molar-refractivity contribution in [3.63, 3.8) is 0 Å². The van der Waals surface area contributed by atoms with Gasteiger partial charge in [0.2, 0.25) is 15.9 Å². The topological polar surface area (TPSA) is 75.3 Å². The minimum atomic E-state index is -3.67. The first kappa shape index (κ1) is 16.9. The molecule has 20 heavy (non-hydrogen) atoms. The Morgan fingerprint density at radius 1 is 1.25 bits per heavy atom. The molecule has 0 aliphatic carbocycles. The average Bonchev–Trinajstić information content (AvgIpc) is 2.37. The third-order valence-corrected chi connectivity index (χ3v) is 4.10. The van der Waals surface area contributed by atoms with Gasteiger partial charge in [-0.05, 0) is 38.0 Å². The fourth-order valence-corrected chi connectivity index (χ4v) is 2.76. The van der Waals surface area contributed by atoms with E-state index < -0.39 is 10.0 Å². The zero-order valence-electron chi connectivity index (χ0n) is 11.5. The molecule has 7 heteroatoms. The summed E-state index contributed by atoms with van der Waals surface area (Å²) in [5.74, 6) is 0.127. The SMILES string of the molecule is CC(C)NC(=O)CNS(=O)(=O)c1ccc(CCCl)cc1. The predicted octanol–water partition coefficient (Wildman–Crippen LogP) is 1.27. The second-order valence-electron chi connectivity index (χ2n) is 4.63. The highest BCUT2D eigenvalue weighted by molar-refractivity contribution is 7.89. The van der Waals surface area contributed by atoms with Gasteiger partial charge in [-0.1, -0.05) is 12.1 Å². The number of hydrogen-bond acceptors (Lipinski definition) is 3. The van der Waals surface area contributed by atoms with Gasteiger partial charge in [-0.2, -0.15) is 0 Å². The van der Waals surface area contributed by atoms with Crippen molar-refractivity contribution < 1.29 is 13.2 Å². The van der Waals surface area contributed by atoms with Crippen LogP contribution in [0.15, 0.2) is 29.2 Å². The second kappa shape index (κ2) is 7.61. The van der Waals surface area contributed by atoms with Gasteiger partial charge in [-0.3, -0.25) is 4.79 Å². The highest BCUT2D eigenvalue weighted by atomic mass is 35.5. The largest absolute Gasteiger partial charge is 0.353 e. The van der Waals surface area contributed by atoms with E-state index in [0.29, 0.717) is 12.3 Å². The first-order valence-electron chi connectivity index (χ1n) is 6.29. The van der Waals surface area contributed by atoms with Gasteiger partial charge in [0, 0.05) is 11.9 Å². The van der Waals surface area contributed by atoms with E-state index in [-0.39, 0.29) is 23.4 Å². The first-order valence-corrected chi connectivity index (χ1v) is 8.31. The Kier molecular flexibility index (Phi) is 6.45. The van der Waals surface area contributed by atoms with Crippen molar-refractivity contribution in [2.75, 3.05) is 12.4 Å². The first-order chi connectivity index (χ1) is 9.35. The Balaban J connectivity index is 2.66. The van der Waals surface area contributed by atoms with E-state index in [1.54, 1.807) is 12.1 Å². The minimum absolute atomic E-state index is 0.0261. The summed E-state index contributed by atoms with van der Waals surface area (Å²) in [4.78, 5) is 11.6. The van der Waals surface area contributed by atoms with Crippen LogP contribution in [0.5, 0.6) is 0 Å². The van der Waals surface area contributed by atoms with E-state index in [4.69, 9.17) is 11.6 Å². The van der Waals surface area contributed by atoms with E-state index in [1.807, 2.05) is 13.8 Å². The molecule has 0 fully saturated rings. The van der Waals surface area contributed by atoms with Gasteiger partial charge in [0.25, 0.3) is 0 Å². The van der Waals surface area contributed by atoms with Crippen LogP contribution in [0, 0.1) is 0 Å². The van der Waals surface area contributed by atoms with Crippen molar-refractivity contribution in [1.82, 2.24) is 10.0 Å². The van der Waals surface area contributed by atoms with Crippen LogP contribution in [-0.2, 0) is 21.2 Å². The van der Waals surface area contributed by atoms with Crippen LogP contribution < -0.4 is 10.0 Å². The normalized spacial score (nSPS) is 11.6. The Morgan fingerprint density at radius 2 is 1.85 bits per heavy atom. The molecule has 112 valence electrons. The molecule has 0 radical (unpaired) electrons. The zero-order valence-corrected chi connectivity index (χ0v) is 13.1. The molecule has 1 rings (SSSR count). The third kappa shape index (κ3) is 5.48. The quantitative estimate of drug-likeness (QED) is 0.743. The summed E-state index contributed by atoms with van der Waals surface area (Å²) in [5, 5.41) is 2.61. The summed E-state index contributed by atoms with van der Waals surface area (Å²) >= 11 is 5.62. The average molecular weight is 319 g/mol. The summed E-state index contributed by atoms with van der Waals surface area (Å²) in [6, 6.07) is 6.41. The van der Waals surface area contributed by atoms with Crippen LogP contribution >= 0.6 is 11.6 Å². The molecule has 1 aromatic carbocycles. The minimum Gasteiger partial charge on any atom is -0.353 e. The molecule has 0 unspecified atom stereocenters. The summed E-state index contributed by atoms with van der Waals surface area (Å²) in [5.41, 5.74) is 0.969. The van der Waals surface area contributed by atoms with Gasteiger partial charge < -0.3 is 5.32 Å². The summed E-state index contributed by atoms with van der Waals surface area (Å²) in [6.45, 7) is 3.34. The van der Waals surface area contributed by atoms with Crippen molar-refractivity contribution in [3.8, 4) is 0 Å². The molecule has 0 spiro atoms. The van der Waals surface area contributed by atoms with Gasteiger partial charge in [-0.15, -0.1) is 11.6 Å². The number of carbonyl (C=O) groups excluding carboxylic acids is 1. The lowest BCUT2D eigenvalue weighted by Gasteiger charge is -2.10. The lowest BCUT2D eigenvalue weighted by Crippen LogP contribution is -2.39. The molecular weight excluding hydrogens is 300 g/mol. The number of aryl methyl sites for hydroxylation is 1. The summed E-state index contributed by atoms with van der Waals surface area (Å²) in [6.07, 6.45) is 0.687. The van der Waals surface area contributed by atoms with E-state index in [1.165, 1.54) is 12.1 Å². The summed E-state index contributed by atoms with van der Waals surface area (Å²) < 4.78 is 26.2. The van der Waals surface area contributed by atoms with Crippen LogP contribution in [0.3, 0.4) is 0 Å². The van der Waals surface area contributed by atoms with E-state index in [9.17, 15) is 13.2 Å². The number of alkyl halides is 1. The molecule has 1 aromatic rings. The molecule has 0 saturated heterocycles. The Labute approximate surface area is 124 Å². The molecule has 0 bridgehead atoms. The van der Waals surface area contributed by atoms with Crippen molar-refractivity contribution >= 4 is 27.5 Å². The van der Waals surface area contributed by atoms with Gasteiger partial charge >= 0.3 is 0 Å². The number of rotatable bonds is 7. The number of carbonyl (C=O) groups is 1. The molecule has 2 N–H and O–H groups in total. The monoisotopic (exact) mass is 318 g/mol. The van der Waals surface area contributed by atoms with Crippen LogP contribution in [0.4, 0.5) is 0 Å². The van der Waals surface area contributed by atoms with Gasteiger partial charge in [0.15, 0.2) is 0 Å². The maximum Gasteiger partial charge on any atom is 0.241 e. The van der Waals surface area contributed by atoms with Gasteiger partial charge in [-0.25, -0.2) is 13.1 Å². The number of benzene rings is 1. The Bertz CT molecular complexity index is 541. The van der Waals surface area contributed by atoms with Crippen LogP contribution in [0.1, 0.15) is 19.4 Å². The molecule has 0 aliphatic heterocycles. The molecule has 1 amide bonds.